The van der Waals surface area contributed by atoms with E-state index in [9.17, 15) is 0 Å². The van der Waals surface area contributed by atoms with Crippen molar-refractivity contribution in [1.82, 2.24) is 14.8 Å². The number of nitrogens with zero attached hydrogens (tertiary/aromatic N) is 3. The summed E-state index contributed by atoms with van der Waals surface area (Å²) in [5.74, 6) is 0.768. The number of rotatable bonds is 1. The maximum Gasteiger partial charge on any atom is 0.226 e. The van der Waals surface area contributed by atoms with Crippen molar-refractivity contribution in [3.8, 4) is 0 Å². The molecule has 0 fully saturated rings. The molecule has 86 valence electrons. The largest absolute Gasteiger partial charge is 0.329 e. The first-order chi connectivity index (χ1) is 8.24. The van der Waals surface area contributed by atoms with Crippen LogP contribution in [0.4, 0.5) is 5.95 Å². The number of nitrogens with one attached hydrogen (secondary N) is 1. The second kappa shape index (κ2) is 3.89. The highest BCUT2D eigenvalue weighted by atomic mass is 35.5. The Morgan fingerprint density at radius 2 is 2.06 bits per heavy atom. The van der Waals surface area contributed by atoms with Gasteiger partial charge in [-0.1, -0.05) is 23.7 Å². The summed E-state index contributed by atoms with van der Waals surface area (Å²) in [5, 5.41) is 8.15. The van der Waals surface area contributed by atoms with Gasteiger partial charge < -0.3 is 5.32 Å². The van der Waals surface area contributed by atoms with E-state index in [1.54, 1.807) is 6.33 Å². The molecule has 3 rings (SSSR count). The van der Waals surface area contributed by atoms with Crippen LogP contribution < -0.4 is 5.32 Å². The molecule has 0 saturated carbocycles. The number of aromatic nitrogens is 3. The molecule has 1 atom stereocenters. The fourth-order valence-electron chi connectivity index (χ4n) is 1.97. The number of halogens is 1. The summed E-state index contributed by atoms with van der Waals surface area (Å²) in [4.78, 5) is 4.17. The third-order valence-electron chi connectivity index (χ3n) is 2.76. The van der Waals surface area contributed by atoms with Gasteiger partial charge >= 0.3 is 0 Å². The van der Waals surface area contributed by atoms with Gasteiger partial charge in [-0.25, -0.2) is 4.68 Å². The normalized spacial score (nSPS) is 18.2. The maximum atomic E-state index is 5.90. The third kappa shape index (κ3) is 1.80. The molecule has 1 aliphatic heterocycles. The average Bonchev–Trinajstić information content (AvgIpc) is 2.77. The molecule has 2 aromatic rings. The predicted molar refractivity (Wildman–Crippen MR) is 67.0 cm³/mol. The van der Waals surface area contributed by atoms with E-state index in [0.29, 0.717) is 0 Å². The molecule has 0 aliphatic carbocycles. The van der Waals surface area contributed by atoms with Crippen molar-refractivity contribution in [1.29, 1.82) is 0 Å². The van der Waals surface area contributed by atoms with E-state index >= 15 is 0 Å². The summed E-state index contributed by atoms with van der Waals surface area (Å²) in [5.41, 5.74) is 2.22. The van der Waals surface area contributed by atoms with Crippen LogP contribution in [0.3, 0.4) is 0 Å². The Balaban J connectivity index is 2.07. The van der Waals surface area contributed by atoms with Crippen LogP contribution in [0.25, 0.3) is 0 Å². The summed E-state index contributed by atoms with van der Waals surface area (Å²) in [6.07, 6.45) is 3.67. The van der Waals surface area contributed by atoms with E-state index in [-0.39, 0.29) is 6.04 Å². The number of allylic oxidation sites excluding steroid dienone is 2. The van der Waals surface area contributed by atoms with E-state index < -0.39 is 0 Å². The van der Waals surface area contributed by atoms with Gasteiger partial charge in [0.25, 0.3) is 0 Å². The topological polar surface area (TPSA) is 42.7 Å². The quantitative estimate of drug-likeness (QED) is 0.841. The molecular weight excluding hydrogens is 236 g/mol. The van der Waals surface area contributed by atoms with Gasteiger partial charge in [-0.3, -0.25) is 0 Å². The molecule has 5 heteroatoms. The molecule has 4 nitrogen and oxygen atoms in total. The van der Waals surface area contributed by atoms with Crippen LogP contribution in [-0.4, -0.2) is 14.8 Å². The van der Waals surface area contributed by atoms with Crippen molar-refractivity contribution < 1.29 is 0 Å². The lowest BCUT2D eigenvalue weighted by Crippen LogP contribution is -2.19. The second-order valence-corrected chi connectivity index (χ2v) is 4.44. The van der Waals surface area contributed by atoms with Gasteiger partial charge in [-0.05, 0) is 30.7 Å². The van der Waals surface area contributed by atoms with Crippen LogP contribution in [0, 0.1) is 0 Å². The van der Waals surface area contributed by atoms with Crippen LogP contribution in [0.1, 0.15) is 18.5 Å². The highest BCUT2D eigenvalue weighted by Gasteiger charge is 2.20. The van der Waals surface area contributed by atoms with Crippen molar-refractivity contribution in [2.45, 2.75) is 13.0 Å². The van der Waals surface area contributed by atoms with Crippen molar-refractivity contribution >= 4 is 17.5 Å². The number of fused-ring (bicyclic) bond motifs is 1. The van der Waals surface area contributed by atoms with Gasteiger partial charge in [0.1, 0.15) is 12.4 Å². The first-order valence-electron chi connectivity index (χ1n) is 5.34. The second-order valence-electron chi connectivity index (χ2n) is 4.00. The Hall–Kier alpha value is -1.81. The lowest BCUT2D eigenvalue weighted by molar-refractivity contribution is 0.603. The minimum Gasteiger partial charge on any atom is -0.329 e. The lowest BCUT2D eigenvalue weighted by atomic mass is 10.1. The highest BCUT2D eigenvalue weighted by molar-refractivity contribution is 6.30. The fraction of sp³-hybridized carbons (Fsp3) is 0.167. The lowest BCUT2D eigenvalue weighted by Gasteiger charge is -2.22. The van der Waals surface area contributed by atoms with Gasteiger partial charge in [0.15, 0.2) is 0 Å². The van der Waals surface area contributed by atoms with E-state index in [2.05, 4.69) is 21.5 Å². The fourth-order valence-corrected chi connectivity index (χ4v) is 2.09. The SMILES string of the molecule is CC1=CC(c2ccc(Cl)cc2)n2ncnc2N1. The Bertz CT molecular complexity index is 570. The van der Waals surface area contributed by atoms with Crippen molar-refractivity contribution in [3.05, 3.63) is 53.0 Å². The molecule has 1 aliphatic rings. The molecular formula is C12H11ClN4. The zero-order valence-corrected chi connectivity index (χ0v) is 10.0. The summed E-state index contributed by atoms with van der Waals surface area (Å²) in [6.45, 7) is 2.01. The maximum absolute atomic E-state index is 5.90. The minimum atomic E-state index is 0.0750. The van der Waals surface area contributed by atoms with Gasteiger partial charge in [0, 0.05) is 10.7 Å². The Labute approximate surface area is 104 Å². The summed E-state index contributed by atoms with van der Waals surface area (Å²) >= 11 is 5.90. The molecule has 0 radical (unpaired) electrons. The van der Waals surface area contributed by atoms with Gasteiger partial charge in [0.2, 0.25) is 5.95 Å². The molecule has 2 heterocycles. The van der Waals surface area contributed by atoms with Gasteiger partial charge in [0.05, 0.1) is 0 Å². The number of hydrogen-bond acceptors (Lipinski definition) is 3. The smallest absolute Gasteiger partial charge is 0.226 e. The Kier molecular flexibility index (Phi) is 2.37. The monoisotopic (exact) mass is 246 g/mol. The molecule has 0 saturated heterocycles. The minimum absolute atomic E-state index is 0.0750. The van der Waals surface area contributed by atoms with E-state index in [0.717, 1.165) is 22.2 Å². The van der Waals surface area contributed by atoms with Crippen LogP contribution in [0.2, 0.25) is 5.02 Å². The molecule has 0 amide bonds. The standard InChI is InChI=1S/C12H11ClN4/c1-8-6-11(9-2-4-10(13)5-3-9)17-12(16-8)14-7-15-17/h2-7,11H,1H3,(H,14,15,16). The average molecular weight is 247 g/mol. The zero-order chi connectivity index (χ0) is 11.8. The van der Waals surface area contributed by atoms with E-state index in [1.165, 1.54) is 0 Å². The number of anilines is 1. The summed E-state index contributed by atoms with van der Waals surface area (Å²) in [6, 6.07) is 7.87. The van der Waals surface area contributed by atoms with Crippen LogP contribution >= 0.6 is 11.6 Å². The van der Waals surface area contributed by atoms with Crippen LogP contribution in [0.5, 0.6) is 0 Å². The number of hydrogen-bond donors (Lipinski definition) is 1. The molecule has 1 N–H and O–H groups in total. The third-order valence-corrected chi connectivity index (χ3v) is 3.02. The van der Waals surface area contributed by atoms with Crippen LogP contribution in [0.15, 0.2) is 42.4 Å². The zero-order valence-electron chi connectivity index (χ0n) is 9.26. The molecule has 1 aromatic heterocycles. The number of benzene rings is 1. The van der Waals surface area contributed by atoms with E-state index in [1.807, 2.05) is 35.9 Å². The van der Waals surface area contributed by atoms with Crippen molar-refractivity contribution in [3.63, 3.8) is 0 Å². The van der Waals surface area contributed by atoms with E-state index in [4.69, 9.17) is 11.6 Å². The van der Waals surface area contributed by atoms with Gasteiger partial charge in [-0.2, -0.15) is 10.1 Å². The molecule has 1 aromatic carbocycles. The molecule has 1 unspecified atom stereocenters. The summed E-state index contributed by atoms with van der Waals surface area (Å²) in [7, 11) is 0. The van der Waals surface area contributed by atoms with Crippen molar-refractivity contribution in [2.24, 2.45) is 0 Å². The molecule has 0 bridgehead atoms. The first-order valence-corrected chi connectivity index (χ1v) is 5.72. The molecule has 17 heavy (non-hydrogen) atoms. The predicted octanol–water partition coefficient (Wildman–Crippen LogP) is 2.85. The first kappa shape index (κ1) is 10.4. The summed E-state index contributed by atoms with van der Waals surface area (Å²) < 4.78 is 1.86. The highest BCUT2D eigenvalue weighted by Crippen LogP contribution is 2.28. The van der Waals surface area contributed by atoms with Crippen molar-refractivity contribution in [2.75, 3.05) is 5.32 Å². The Morgan fingerprint density at radius 3 is 2.82 bits per heavy atom. The van der Waals surface area contributed by atoms with Crippen LogP contribution in [-0.2, 0) is 0 Å². The Morgan fingerprint density at radius 1 is 1.29 bits per heavy atom. The van der Waals surface area contributed by atoms with Gasteiger partial charge in [-0.15, -0.1) is 0 Å². The molecule has 0 spiro atoms.